The molecule has 2 amide bonds. The molecular weight excluding hydrogens is 336 g/mol. The lowest BCUT2D eigenvalue weighted by atomic mass is 10.1. The lowest BCUT2D eigenvalue weighted by molar-refractivity contribution is -0.122. The zero-order valence-corrected chi connectivity index (χ0v) is 14.9. The zero-order chi connectivity index (χ0) is 18.5. The second-order valence-corrected chi connectivity index (χ2v) is 7.22. The quantitative estimate of drug-likeness (QED) is 0.399. The first kappa shape index (κ1) is 18.7. The summed E-state index contributed by atoms with van der Waals surface area (Å²) in [7, 11) is 0. The van der Waals surface area contributed by atoms with Crippen LogP contribution in [0.5, 0.6) is 0 Å². The van der Waals surface area contributed by atoms with Crippen LogP contribution in [0.15, 0.2) is 6.07 Å². The second-order valence-electron chi connectivity index (χ2n) is 7.22. The molecule has 1 aliphatic heterocycles. The van der Waals surface area contributed by atoms with Gasteiger partial charge in [0.2, 0.25) is 5.91 Å². The summed E-state index contributed by atoms with van der Waals surface area (Å²) in [5.74, 6) is 0.759. The van der Waals surface area contributed by atoms with Gasteiger partial charge in [-0.15, -0.1) is 0 Å². The van der Waals surface area contributed by atoms with Crippen LogP contribution in [-0.4, -0.2) is 70.3 Å². The van der Waals surface area contributed by atoms with Crippen molar-refractivity contribution in [2.75, 3.05) is 32.0 Å². The Labute approximate surface area is 152 Å². The van der Waals surface area contributed by atoms with Crippen molar-refractivity contribution in [3.05, 3.63) is 11.8 Å². The number of aliphatic hydroxyl groups excluding tert-OH is 1. The third-order valence-electron chi connectivity index (χ3n) is 5.13. The minimum absolute atomic E-state index is 0.0255. The molecule has 0 radical (unpaired) electrons. The van der Waals surface area contributed by atoms with Crippen molar-refractivity contribution in [1.82, 2.24) is 25.7 Å². The van der Waals surface area contributed by atoms with Crippen molar-refractivity contribution < 1.29 is 14.7 Å². The van der Waals surface area contributed by atoms with E-state index in [-0.39, 0.29) is 30.5 Å². The molecule has 6 N–H and O–H groups in total. The fourth-order valence-electron chi connectivity index (χ4n) is 3.59. The van der Waals surface area contributed by atoms with E-state index in [2.05, 4.69) is 25.7 Å². The number of aromatic nitrogens is 2. The van der Waals surface area contributed by atoms with Crippen LogP contribution in [0.25, 0.3) is 0 Å². The van der Waals surface area contributed by atoms with Crippen LogP contribution in [0.4, 0.5) is 5.82 Å². The Morgan fingerprint density at radius 2 is 2.04 bits per heavy atom. The Kier molecular flexibility index (Phi) is 6.10. The number of H-pyrrole nitrogens is 1. The molecule has 2 aliphatic rings. The Balaban J connectivity index is 1.53. The normalized spacial score (nSPS) is 23.1. The number of nitrogens with two attached hydrogens (primary N) is 1. The number of nitrogens with zero attached hydrogens (tertiary/aromatic N) is 2. The van der Waals surface area contributed by atoms with Crippen molar-refractivity contribution in [2.45, 2.75) is 44.2 Å². The molecule has 2 heterocycles. The molecule has 1 aromatic heterocycles. The van der Waals surface area contributed by atoms with E-state index in [0.29, 0.717) is 36.9 Å². The van der Waals surface area contributed by atoms with Crippen LogP contribution >= 0.6 is 0 Å². The molecule has 1 saturated carbocycles. The van der Waals surface area contributed by atoms with Crippen LogP contribution in [0.1, 0.15) is 42.6 Å². The molecule has 3 rings (SSSR count). The lowest BCUT2D eigenvalue weighted by Crippen LogP contribution is -2.45. The lowest BCUT2D eigenvalue weighted by Gasteiger charge is -2.30. The molecule has 0 aromatic carbocycles. The summed E-state index contributed by atoms with van der Waals surface area (Å²) < 4.78 is 0. The summed E-state index contributed by atoms with van der Waals surface area (Å²) >= 11 is 0. The number of likely N-dealkylation sites (tertiary alicyclic amines) is 1. The molecule has 9 nitrogen and oxygen atoms in total. The van der Waals surface area contributed by atoms with Crippen molar-refractivity contribution in [3.63, 3.8) is 0 Å². The van der Waals surface area contributed by atoms with Gasteiger partial charge in [0.15, 0.2) is 0 Å². The van der Waals surface area contributed by atoms with Crippen molar-refractivity contribution in [1.29, 1.82) is 0 Å². The Bertz CT molecular complexity index is 630. The molecule has 2 fully saturated rings. The van der Waals surface area contributed by atoms with E-state index >= 15 is 0 Å². The Hall–Kier alpha value is -2.13. The fourth-order valence-corrected chi connectivity index (χ4v) is 3.59. The molecule has 26 heavy (non-hydrogen) atoms. The Morgan fingerprint density at radius 1 is 1.27 bits per heavy atom. The van der Waals surface area contributed by atoms with Gasteiger partial charge in [0, 0.05) is 44.2 Å². The number of nitrogens with one attached hydrogen (secondary N) is 3. The highest BCUT2D eigenvalue weighted by molar-refractivity contribution is 5.92. The number of nitrogen functional groups attached to an aromatic ring is 1. The first-order chi connectivity index (χ1) is 12.6. The van der Waals surface area contributed by atoms with Gasteiger partial charge in [-0.25, -0.2) is 0 Å². The molecule has 9 heteroatoms. The minimum Gasteiger partial charge on any atom is -0.395 e. The van der Waals surface area contributed by atoms with E-state index < -0.39 is 0 Å². The molecule has 2 atom stereocenters. The monoisotopic (exact) mass is 364 g/mol. The number of amides is 2. The smallest absolute Gasteiger partial charge is 0.269 e. The molecule has 1 aliphatic carbocycles. The van der Waals surface area contributed by atoms with Gasteiger partial charge >= 0.3 is 0 Å². The third kappa shape index (κ3) is 4.95. The highest BCUT2D eigenvalue weighted by Crippen LogP contribution is 2.35. The number of carbonyl (C=O) groups excluding carboxylic acids is 2. The molecule has 0 bridgehead atoms. The summed E-state index contributed by atoms with van der Waals surface area (Å²) in [6.45, 7) is 1.77. The summed E-state index contributed by atoms with van der Waals surface area (Å²) in [4.78, 5) is 26.6. The number of aliphatic hydroxyl groups is 1. The van der Waals surface area contributed by atoms with Gasteiger partial charge in [-0.1, -0.05) is 0 Å². The van der Waals surface area contributed by atoms with E-state index in [1.165, 1.54) is 18.9 Å². The highest BCUT2D eigenvalue weighted by atomic mass is 16.3. The number of carbonyl (C=O) groups is 2. The van der Waals surface area contributed by atoms with E-state index in [1.807, 2.05) is 0 Å². The van der Waals surface area contributed by atoms with Crippen LogP contribution in [0.3, 0.4) is 0 Å². The second kappa shape index (κ2) is 8.50. The van der Waals surface area contributed by atoms with Gasteiger partial charge < -0.3 is 21.5 Å². The number of hydrogen-bond donors (Lipinski definition) is 5. The molecular formula is C17H28N6O3. The number of anilines is 1. The fraction of sp³-hybridized carbons (Fsp3) is 0.706. The number of aromatic amines is 1. The average molecular weight is 364 g/mol. The van der Waals surface area contributed by atoms with E-state index in [0.717, 1.165) is 19.4 Å². The van der Waals surface area contributed by atoms with Crippen LogP contribution in [-0.2, 0) is 4.79 Å². The minimum atomic E-state index is -0.218. The maximum Gasteiger partial charge on any atom is 0.269 e. The summed E-state index contributed by atoms with van der Waals surface area (Å²) in [6.07, 6.45) is 4.82. The van der Waals surface area contributed by atoms with Crippen LogP contribution in [0, 0.1) is 5.92 Å². The zero-order valence-electron chi connectivity index (χ0n) is 14.9. The predicted molar refractivity (Wildman–Crippen MR) is 96.3 cm³/mol. The summed E-state index contributed by atoms with van der Waals surface area (Å²) in [6, 6.07) is 1.94. The van der Waals surface area contributed by atoms with Gasteiger partial charge in [-0.3, -0.25) is 19.6 Å². The first-order valence-corrected chi connectivity index (χ1v) is 9.29. The maximum absolute atomic E-state index is 12.2. The number of hydrogen-bond acceptors (Lipinski definition) is 6. The molecule has 1 saturated heterocycles. The van der Waals surface area contributed by atoms with E-state index in [4.69, 9.17) is 10.8 Å². The molecule has 0 unspecified atom stereocenters. The summed E-state index contributed by atoms with van der Waals surface area (Å²) in [5.41, 5.74) is 5.89. The maximum atomic E-state index is 12.2. The van der Waals surface area contributed by atoms with Crippen LogP contribution in [0.2, 0.25) is 0 Å². The number of rotatable bonds is 9. The molecule has 144 valence electrons. The molecule has 1 aromatic rings. The van der Waals surface area contributed by atoms with Gasteiger partial charge in [-0.2, -0.15) is 5.10 Å². The highest BCUT2D eigenvalue weighted by Gasteiger charge is 2.38. The van der Waals surface area contributed by atoms with Crippen molar-refractivity contribution in [3.8, 4) is 0 Å². The van der Waals surface area contributed by atoms with Crippen molar-refractivity contribution >= 4 is 17.6 Å². The van der Waals surface area contributed by atoms with Gasteiger partial charge in [-0.05, 0) is 31.6 Å². The van der Waals surface area contributed by atoms with Crippen LogP contribution < -0.4 is 16.4 Å². The average Bonchev–Trinajstić information content (AvgIpc) is 3.22. The third-order valence-corrected chi connectivity index (χ3v) is 5.13. The standard InChI is InChI=1S/C17H28N6O3/c18-15-8-14(21-22-15)17(26)20-9-13-4-3-12(7-16(25)19-5-6-24)23(13)10-11-1-2-11/h8,11-13,24H,1-7,9-10H2,(H,19,25)(H,20,26)(H3,18,21,22)/t12-,13+/m1/s1. The predicted octanol–water partition coefficient (Wildman–Crippen LogP) is -0.537. The van der Waals surface area contributed by atoms with Gasteiger partial charge in [0.25, 0.3) is 5.91 Å². The van der Waals surface area contributed by atoms with E-state index in [1.54, 1.807) is 0 Å². The Morgan fingerprint density at radius 3 is 2.69 bits per heavy atom. The summed E-state index contributed by atoms with van der Waals surface area (Å²) in [5, 5.41) is 20.9. The SMILES string of the molecule is Nc1cc(C(=O)NC[C@@H]2CC[C@H](CC(=O)NCCO)N2CC2CC2)[nH]n1. The van der Waals surface area contributed by atoms with Crippen molar-refractivity contribution in [2.24, 2.45) is 5.92 Å². The van der Waals surface area contributed by atoms with Gasteiger partial charge in [0.05, 0.1) is 6.61 Å². The molecule has 0 spiro atoms. The first-order valence-electron chi connectivity index (χ1n) is 9.29. The topological polar surface area (TPSA) is 136 Å². The van der Waals surface area contributed by atoms with E-state index in [9.17, 15) is 9.59 Å². The largest absolute Gasteiger partial charge is 0.395 e. The van der Waals surface area contributed by atoms with Gasteiger partial charge in [0.1, 0.15) is 11.5 Å².